The maximum absolute atomic E-state index is 5.16. The van der Waals surface area contributed by atoms with Crippen LogP contribution < -0.4 is 10.1 Å². The molecule has 0 spiro atoms. The second-order valence-electron chi connectivity index (χ2n) is 5.19. The smallest absolute Gasteiger partial charge is 0.118 e. The summed E-state index contributed by atoms with van der Waals surface area (Å²) < 4.78 is 5.16. The van der Waals surface area contributed by atoms with E-state index in [0.29, 0.717) is 0 Å². The molecular weight excluding hydrogens is 246 g/mol. The lowest BCUT2D eigenvalue weighted by Crippen LogP contribution is -2.16. The van der Waals surface area contributed by atoms with Crippen molar-refractivity contribution in [2.75, 3.05) is 13.7 Å². The van der Waals surface area contributed by atoms with Gasteiger partial charge in [-0.2, -0.15) is 0 Å². The molecule has 0 aliphatic heterocycles. The molecule has 0 radical (unpaired) electrons. The Hall–Kier alpha value is -1.80. The molecule has 0 aliphatic carbocycles. The third-order valence-electron chi connectivity index (χ3n) is 3.65. The molecule has 106 valence electrons. The van der Waals surface area contributed by atoms with E-state index >= 15 is 0 Å². The first kappa shape index (κ1) is 14.6. The van der Waals surface area contributed by atoms with Crippen LogP contribution in [0, 0.1) is 13.8 Å². The van der Waals surface area contributed by atoms with Crippen molar-refractivity contribution in [3.05, 3.63) is 64.7 Å². The van der Waals surface area contributed by atoms with Gasteiger partial charge in [-0.3, -0.25) is 0 Å². The molecule has 2 heteroatoms. The predicted octanol–water partition coefficient (Wildman–Crippen LogP) is 3.64. The van der Waals surface area contributed by atoms with E-state index in [2.05, 4.69) is 49.5 Å². The molecule has 0 atom stereocenters. The van der Waals surface area contributed by atoms with Gasteiger partial charge in [-0.15, -0.1) is 0 Å². The fraction of sp³-hybridized carbons (Fsp3) is 0.333. The molecule has 1 N–H and O–H groups in total. The Labute approximate surface area is 121 Å². The van der Waals surface area contributed by atoms with Crippen molar-refractivity contribution < 1.29 is 4.74 Å². The summed E-state index contributed by atoms with van der Waals surface area (Å²) in [6.07, 6.45) is 1.04. The Morgan fingerprint density at radius 3 is 2.25 bits per heavy atom. The Kier molecular flexibility index (Phi) is 5.19. The third-order valence-corrected chi connectivity index (χ3v) is 3.65. The van der Waals surface area contributed by atoms with Crippen LogP contribution in [0.3, 0.4) is 0 Å². The molecule has 0 amide bonds. The van der Waals surface area contributed by atoms with Crippen molar-refractivity contribution in [1.29, 1.82) is 0 Å². The predicted molar refractivity (Wildman–Crippen MR) is 84.3 cm³/mol. The summed E-state index contributed by atoms with van der Waals surface area (Å²) in [5, 5.41) is 3.49. The first-order valence-electron chi connectivity index (χ1n) is 7.09. The van der Waals surface area contributed by atoms with Gasteiger partial charge in [0.25, 0.3) is 0 Å². The van der Waals surface area contributed by atoms with Crippen LogP contribution in [0.15, 0.2) is 42.5 Å². The first-order chi connectivity index (χ1) is 9.69. The summed E-state index contributed by atoms with van der Waals surface area (Å²) in [5.74, 6) is 0.914. The molecule has 0 heterocycles. The average Bonchev–Trinajstić information content (AvgIpc) is 2.48. The van der Waals surface area contributed by atoms with Gasteiger partial charge in [-0.25, -0.2) is 0 Å². The highest BCUT2D eigenvalue weighted by molar-refractivity contribution is 5.30. The van der Waals surface area contributed by atoms with Gasteiger partial charge >= 0.3 is 0 Å². The molecule has 0 aromatic heterocycles. The van der Waals surface area contributed by atoms with E-state index in [1.807, 2.05) is 12.1 Å². The minimum atomic E-state index is 0.914. The topological polar surface area (TPSA) is 21.3 Å². The molecule has 0 bridgehead atoms. The van der Waals surface area contributed by atoms with E-state index in [-0.39, 0.29) is 0 Å². The summed E-state index contributed by atoms with van der Waals surface area (Å²) in [5.41, 5.74) is 5.40. The van der Waals surface area contributed by atoms with Crippen LogP contribution in [0.1, 0.15) is 22.3 Å². The van der Waals surface area contributed by atoms with Gasteiger partial charge in [0.2, 0.25) is 0 Å². The van der Waals surface area contributed by atoms with Crippen LogP contribution in [-0.2, 0) is 13.0 Å². The number of rotatable bonds is 6. The van der Waals surface area contributed by atoms with Crippen LogP contribution in [0.4, 0.5) is 0 Å². The van der Waals surface area contributed by atoms with E-state index < -0.39 is 0 Å². The minimum absolute atomic E-state index is 0.914. The molecule has 0 saturated heterocycles. The lowest BCUT2D eigenvalue weighted by atomic mass is 10.1. The number of hydrogen-bond acceptors (Lipinski definition) is 2. The lowest BCUT2D eigenvalue weighted by molar-refractivity contribution is 0.414. The zero-order chi connectivity index (χ0) is 14.4. The van der Waals surface area contributed by atoms with Crippen LogP contribution in [0.5, 0.6) is 5.75 Å². The van der Waals surface area contributed by atoms with Crippen molar-refractivity contribution in [3.8, 4) is 5.75 Å². The van der Waals surface area contributed by atoms with E-state index in [9.17, 15) is 0 Å². The quantitative estimate of drug-likeness (QED) is 0.808. The normalized spacial score (nSPS) is 10.6. The van der Waals surface area contributed by atoms with Crippen LogP contribution >= 0.6 is 0 Å². The number of methoxy groups -OCH3 is 1. The number of nitrogens with one attached hydrogen (secondary N) is 1. The number of benzene rings is 2. The van der Waals surface area contributed by atoms with Gasteiger partial charge < -0.3 is 10.1 Å². The average molecular weight is 269 g/mol. The Morgan fingerprint density at radius 1 is 0.900 bits per heavy atom. The van der Waals surface area contributed by atoms with Crippen molar-refractivity contribution in [2.45, 2.75) is 26.8 Å². The zero-order valence-corrected chi connectivity index (χ0v) is 12.6. The van der Waals surface area contributed by atoms with Crippen LogP contribution in [0.2, 0.25) is 0 Å². The van der Waals surface area contributed by atoms with Gasteiger partial charge in [0.1, 0.15) is 5.75 Å². The summed E-state index contributed by atoms with van der Waals surface area (Å²) in [7, 11) is 1.69. The van der Waals surface area contributed by atoms with Crippen LogP contribution in [-0.4, -0.2) is 13.7 Å². The largest absolute Gasteiger partial charge is 0.497 e. The van der Waals surface area contributed by atoms with Crippen molar-refractivity contribution in [2.24, 2.45) is 0 Å². The van der Waals surface area contributed by atoms with Gasteiger partial charge in [0.15, 0.2) is 0 Å². The fourth-order valence-corrected chi connectivity index (χ4v) is 2.17. The molecule has 2 nitrogen and oxygen atoms in total. The number of ether oxygens (including phenoxy) is 1. The highest BCUT2D eigenvalue weighted by Crippen LogP contribution is 2.12. The van der Waals surface area contributed by atoms with Gasteiger partial charge in [-0.05, 0) is 61.2 Å². The molecule has 2 rings (SSSR count). The van der Waals surface area contributed by atoms with Gasteiger partial charge in [-0.1, -0.05) is 30.3 Å². The number of aryl methyl sites for hydroxylation is 2. The third kappa shape index (κ3) is 4.10. The molecule has 2 aromatic rings. The van der Waals surface area contributed by atoms with E-state index in [4.69, 9.17) is 4.74 Å². The molecule has 0 aliphatic rings. The number of hydrogen-bond donors (Lipinski definition) is 1. The summed E-state index contributed by atoms with van der Waals surface area (Å²) >= 11 is 0. The minimum Gasteiger partial charge on any atom is -0.497 e. The standard InChI is InChI=1S/C18H23NO/c1-14-4-5-17(12-15(14)2)13-19-11-10-16-6-8-18(20-3)9-7-16/h4-9,12,19H,10-11,13H2,1-3H3. The SMILES string of the molecule is COc1ccc(CCNCc2ccc(C)c(C)c2)cc1. The van der Waals surface area contributed by atoms with Crippen molar-refractivity contribution in [1.82, 2.24) is 5.32 Å². The Bertz CT molecular complexity index is 546. The zero-order valence-electron chi connectivity index (χ0n) is 12.6. The first-order valence-corrected chi connectivity index (χ1v) is 7.09. The highest BCUT2D eigenvalue weighted by atomic mass is 16.5. The molecule has 2 aromatic carbocycles. The molecular formula is C18H23NO. The molecule has 0 fully saturated rings. The summed E-state index contributed by atoms with van der Waals surface area (Å²) in [6, 6.07) is 14.9. The second kappa shape index (κ2) is 7.11. The second-order valence-corrected chi connectivity index (χ2v) is 5.19. The maximum atomic E-state index is 5.16. The van der Waals surface area contributed by atoms with Crippen LogP contribution in [0.25, 0.3) is 0 Å². The molecule has 0 saturated carbocycles. The highest BCUT2D eigenvalue weighted by Gasteiger charge is 1.97. The van der Waals surface area contributed by atoms with E-state index in [0.717, 1.165) is 25.3 Å². The van der Waals surface area contributed by atoms with E-state index in [1.165, 1.54) is 22.3 Å². The lowest BCUT2D eigenvalue weighted by Gasteiger charge is -2.08. The molecule has 0 unspecified atom stereocenters. The summed E-state index contributed by atoms with van der Waals surface area (Å²) in [6.45, 7) is 6.23. The van der Waals surface area contributed by atoms with Crippen molar-refractivity contribution in [3.63, 3.8) is 0 Å². The monoisotopic (exact) mass is 269 g/mol. The van der Waals surface area contributed by atoms with Gasteiger partial charge in [0, 0.05) is 6.54 Å². The maximum Gasteiger partial charge on any atom is 0.118 e. The Morgan fingerprint density at radius 2 is 1.60 bits per heavy atom. The van der Waals surface area contributed by atoms with Crippen molar-refractivity contribution >= 4 is 0 Å². The summed E-state index contributed by atoms with van der Waals surface area (Å²) in [4.78, 5) is 0. The van der Waals surface area contributed by atoms with E-state index in [1.54, 1.807) is 7.11 Å². The van der Waals surface area contributed by atoms with Gasteiger partial charge in [0.05, 0.1) is 7.11 Å². The molecule has 20 heavy (non-hydrogen) atoms. The fourth-order valence-electron chi connectivity index (χ4n) is 2.17. The Balaban J connectivity index is 1.76.